The molecule has 0 saturated carbocycles. The first kappa shape index (κ1) is 35.5. The van der Waals surface area contributed by atoms with Crippen LogP contribution >= 0.6 is 0 Å². The smallest absolute Gasteiger partial charge is 0.212 e. The van der Waals surface area contributed by atoms with Gasteiger partial charge in [0.25, 0.3) is 0 Å². The van der Waals surface area contributed by atoms with Gasteiger partial charge in [-0.1, -0.05) is 0 Å². The number of phenols is 13. The third kappa shape index (κ3) is 7.42. The van der Waals surface area contributed by atoms with Crippen LogP contribution in [0, 0.1) is 0 Å². The Labute approximate surface area is 301 Å². The van der Waals surface area contributed by atoms with Gasteiger partial charge in [0, 0.05) is 78.9 Å². The van der Waals surface area contributed by atoms with E-state index in [-0.39, 0.29) is 17.2 Å². The van der Waals surface area contributed by atoms with Gasteiger partial charge >= 0.3 is 0 Å². The summed E-state index contributed by atoms with van der Waals surface area (Å²) in [4.78, 5) is 0. The average Bonchev–Trinajstić information content (AvgIpc) is 3.05. The van der Waals surface area contributed by atoms with Crippen molar-refractivity contribution in [3.63, 3.8) is 0 Å². The molecule has 0 aliphatic heterocycles. The van der Waals surface area contributed by atoms with E-state index in [0.717, 1.165) is 78.9 Å². The largest absolute Gasteiger partial charge is 0.508 e. The van der Waals surface area contributed by atoms with Crippen molar-refractivity contribution in [3.8, 4) is 132 Å². The van der Waals surface area contributed by atoms with Gasteiger partial charge in [-0.15, -0.1) is 0 Å². The quantitative estimate of drug-likeness (QED) is 0.0683. The zero-order chi connectivity index (χ0) is 39.0. The Morgan fingerprint density at radius 3 is 0.815 bits per heavy atom. The predicted octanol–water partition coefficient (Wildman–Crippen LogP) is 6.82. The highest BCUT2D eigenvalue weighted by molar-refractivity contribution is 5.66. The molecule has 54 heavy (non-hydrogen) atoms. The van der Waals surface area contributed by atoms with Crippen LogP contribution in [0.1, 0.15) is 0 Å². The topological polar surface area (TPSA) is 309 Å². The second kappa shape index (κ2) is 13.8. The van der Waals surface area contributed by atoms with Gasteiger partial charge in [0.15, 0.2) is 57.5 Å². The van der Waals surface area contributed by atoms with Crippen LogP contribution in [0.25, 0.3) is 0 Å². The maximum Gasteiger partial charge on any atom is 0.212 e. The highest BCUT2D eigenvalue weighted by Gasteiger charge is 2.25. The molecule has 278 valence electrons. The Balaban J connectivity index is 1.38. The SMILES string of the molecule is Oc1cc(O)cc(Oc2c(Oc3c(O)cc(Oc4c(O)cc(O)cc4O)cc3O)cc(O)cc2Oc2c(O)cc(Oc3c(O)cc(O)cc3O)cc2O)c1. The molecule has 6 rings (SSSR count). The molecule has 0 amide bonds. The molecule has 0 fully saturated rings. The summed E-state index contributed by atoms with van der Waals surface area (Å²) in [6.45, 7) is 0. The van der Waals surface area contributed by atoms with Crippen LogP contribution in [0.5, 0.6) is 132 Å². The minimum atomic E-state index is -0.814. The van der Waals surface area contributed by atoms with Crippen LogP contribution in [-0.4, -0.2) is 66.4 Å². The Morgan fingerprint density at radius 2 is 0.463 bits per heavy atom. The van der Waals surface area contributed by atoms with Gasteiger partial charge in [0.2, 0.25) is 28.7 Å². The number of aromatic hydroxyl groups is 13. The fourth-order valence-electron chi connectivity index (χ4n) is 4.87. The maximum absolute atomic E-state index is 10.8. The first-order valence-electron chi connectivity index (χ1n) is 15.0. The highest BCUT2D eigenvalue weighted by atomic mass is 16.6. The molecular formula is C36H26O18. The number of ether oxygens (including phenoxy) is 5. The van der Waals surface area contributed by atoms with Gasteiger partial charge in [0.05, 0.1) is 0 Å². The van der Waals surface area contributed by atoms with E-state index in [4.69, 9.17) is 23.7 Å². The first-order valence-corrected chi connectivity index (χ1v) is 15.0. The second-order valence-corrected chi connectivity index (χ2v) is 11.2. The number of benzene rings is 6. The normalized spacial score (nSPS) is 10.8. The van der Waals surface area contributed by atoms with E-state index in [1.165, 1.54) is 0 Å². The molecule has 13 N–H and O–H groups in total. The maximum atomic E-state index is 10.8. The molecule has 0 heterocycles. The van der Waals surface area contributed by atoms with E-state index in [2.05, 4.69) is 0 Å². The molecule has 0 aliphatic rings. The van der Waals surface area contributed by atoms with Crippen molar-refractivity contribution >= 4 is 0 Å². The zero-order valence-electron chi connectivity index (χ0n) is 26.9. The molecule has 6 aromatic rings. The molecule has 0 radical (unpaired) electrons. The highest BCUT2D eigenvalue weighted by Crippen LogP contribution is 2.54. The van der Waals surface area contributed by atoms with E-state index in [0.29, 0.717) is 0 Å². The second-order valence-electron chi connectivity index (χ2n) is 11.2. The first-order chi connectivity index (χ1) is 25.5. The zero-order valence-corrected chi connectivity index (χ0v) is 26.9. The molecular weight excluding hydrogens is 720 g/mol. The third-order valence-electron chi connectivity index (χ3n) is 7.08. The van der Waals surface area contributed by atoms with E-state index >= 15 is 0 Å². The van der Waals surface area contributed by atoms with E-state index < -0.39 is 115 Å². The third-order valence-corrected chi connectivity index (χ3v) is 7.08. The molecule has 0 unspecified atom stereocenters. The van der Waals surface area contributed by atoms with Crippen LogP contribution in [0.4, 0.5) is 0 Å². The predicted molar refractivity (Wildman–Crippen MR) is 181 cm³/mol. The fraction of sp³-hybridized carbons (Fsp3) is 0. The molecule has 18 heteroatoms. The van der Waals surface area contributed by atoms with E-state index in [1.54, 1.807) is 0 Å². The van der Waals surface area contributed by atoms with Gasteiger partial charge in [0.1, 0.15) is 46.0 Å². The molecule has 0 spiro atoms. The Morgan fingerprint density at radius 1 is 0.222 bits per heavy atom. The van der Waals surface area contributed by atoms with Crippen LogP contribution in [0.2, 0.25) is 0 Å². The lowest BCUT2D eigenvalue weighted by Crippen LogP contribution is -1.96. The fourth-order valence-corrected chi connectivity index (χ4v) is 4.87. The van der Waals surface area contributed by atoms with Crippen molar-refractivity contribution in [2.75, 3.05) is 0 Å². The summed E-state index contributed by atoms with van der Waals surface area (Å²) in [5.74, 6) is -13.5. The van der Waals surface area contributed by atoms with Gasteiger partial charge in [-0.2, -0.15) is 0 Å². The van der Waals surface area contributed by atoms with Crippen molar-refractivity contribution < 1.29 is 90.1 Å². The summed E-state index contributed by atoms with van der Waals surface area (Å²) in [5, 5.41) is 133. The molecule has 6 aromatic carbocycles. The van der Waals surface area contributed by atoms with E-state index in [1.807, 2.05) is 0 Å². The average molecular weight is 747 g/mol. The number of hydrogen-bond acceptors (Lipinski definition) is 18. The van der Waals surface area contributed by atoms with Gasteiger partial charge in [-0.3, -0.25) is 0 Å². The lowest BCUT2D eigenvalue weighted by atomic mass is 10.2. The summed E-state index contributed by atoms with van der Waals surface area (Å²) in [6, 6.07) is 11.9. The molecule has 0 aliphatic carbocycles. The van der Waals surface area contributed by atoms with Crippen molar-refractivity contribution in [2.45, 2.75) is 0 Å². The molecule has 0 saturated heterocycles. The van der Waals surface area contributed by atoms with Crippen LogP contribution < -0.4 is 23.7 Å². The summed E-state index contributed by atoms with van der Waals surface area (Å²) < 4.78 is 28.0. The molecule has 0 bridgehead atoms. The lowest BCUT2D eigenvalue weighted by molar-refractivity contribution is 0.333. The van der Waals surface area contributed by atoms with Crippen LogP contribution in [-0.2, 0) is 0 Å². The summed E-state index contributed by atoms with van der Waals surface area (Å²) >= 11 is 0. The van der Waals surface area contributed by atoms with Crippen molar-refractivity contribution in [1.82, 2.24) is 0 Å². The molecule has 0 atom stereocenters. The van der Waals surface area contributed by atoms with Crippen LogP contribution in [0.15, 0.2) is 78.9 Å². The van der Waals surface area contributed by atoms with Gasteiger partial charge in [-0.05, 0) is 0 Å². The minimum Gasteiger partial charge on any atom is -0.508 e. The van der Waals surface area contributed by atoms with Crippen molar-refractivity contribution in [1.29, 1.82) is 0 Å². The van der Waals surface area contributed by atoms with E-state index in [9.17, 15) is 66.4 Å². The molecule has 0 aromatic heterocycles. The number of hydrogen-bond donors (Lipinski definition) is 13. The Bertz CT molecular complexity index is 2170. The van der Waals surface area contributed by atoms with Crippen molar-refractivity contribution in [2.24, 2.45) is 0 Å². The van der Waals surface area contributed by atoms with Crippen molar-refractivity contribution in [3.05, 3.63) is 78.9 Å². The Hall–Kier alpha value is -8.28. The van der Waals surface area contributed by atoms with Crippen LogP contribution in [0.3, 0.4) is 0 Å². The Kier molecular flexibility index (Phi) is 9.08. The summed E-state index contributed by atoms with van der Waals surface area (Å²) in [5.41, 5.74) is 0. The lowest BCUT2D eigenvalue weighted by Gasteiger charge is -2.19. The minimum absolute atomic E-state index is 0.260. The molecule has 18 nitrogen and oxygen atoms in total. The number of rotatable bonds is 10. The monoisotopic (exact) mass is 746 g/mol. The van der Waals surface area contributed by atoms with Gasteiger partial charge in [-0.25, -0.2) is 0 Å². The van der Waals surface area contributed by atoms with Gasteiger partial charge < -0.3 is 90.1 Å². The summed E-state index contributed by atoms with van der Waals surface area (Å²) in [6.07, 6.45) is 0. The standard InChI is InChI=1S/C36H26O18/c37-14-1-15(38)3-19(2-14)52-36-30(53-34-26(46)10-20(11-27(34)47)50-32-22(42)4-16(39)5-23(32)43)8-18(41)9-31(36)54-35-28(48)12-21(13-29(35)49)51-33-24(44)6-17(40)7-25(33)45/h1-13,37-49H. The number of phenolic OH excluding ortho intramolecular Hbond substituents is 13. The summed E-state index contributed by atoms with van der Waals surface area (Å²) in [7, 11) is 0.